The molecule has 1 rings (SSSR count). The Hall–Kier alpha value is -1.50. The third-order valence-corrected chi connectivity index (χ3v) is 3.12. The van der Waals surface area contributed by atoms with Crippen LogP contribution >= 0.6 is 0 Å². The molecule has 0 aliphatic heterocycles. The average molecular weight is 260 g/mol. The molecular weight excluding hydrogens is 232 g/mol. The van der Waals surface area contributed by atoms with E-state index in [2.05, 4.69) is 25.3 Å². The summed E-state index contributed by atoms with van der Waals surface area (Å²) < 4.78 is 5.07. The molecular formula is C18H28O. The average Bonchev–Trinajstić information content (AvgIpc) is 2.47. The summed E-state index contributed by atoms with van der Waals surface area (Å²) in [5.74, 6) is 0.637. The van der Waals surface area contributed by atoms with Gasteiger partial charge in [-0.1, -0.05) is 57.4 Å². The Bertz CT molecular complexity index is 335. The van der Waals surface area contributed by atoms with Crippen LogP contribution in [0.1, 0.15) is 39.5 Å². The second-order valence-electron chi connectivity index (χ2n) is 4.28. The van der Waals surface area contributed by atoms with Crippen LogP contribution in [0.4, 0.5) is 0 Å². The molecule has 1 aliphatic rings. The van der Waals surface area contributed by atoms with Crippen LogP contribution in [-0.2, 0) is 4.74 Å². The summed E-state index contributed by atoms with van der Waals surface area (Å²) in [6.45, 7) is 11.5. The number of hydrogen-bond acceptors (Lipinski definition) is 1. The topological polar surface area (TPSA) is 9.23 Å². The maximum absolute atomic E-state index is 5.07. The molecule has 19 heavy (non-hydrogen) atoms. The molecule has 1 heteroatoms. The first-order chi connectivity index (χ1) is 9.31. The summed E-state index contributed by atoms with van der Waals surface area (Å²) in [6.07, 6.45) is 16.5. The van der Waals surface area contributed by atoms with E-state index in [4.69, 9.17) is 4.74 Å². The van der Waals surface area contributed by atoms with Crippen LogP contribution < -0.4 is 0 Å². The van der Waals surface area contributed by atoms with Crippen LogP contribution in [0.5, 0.6) is 0 Å². The molecule has 0 heterocycles. The van der Waals surface area contributed by atoms with Crippen molar-refractivity contribution in [1.82, 2.24) is 0 Å². The van der Waals surface area contributed by atoms with Gasteiger partial charge >= 0.3 is 0 Å². The molecule has 0 N–H and O–H groups in total. The first kappa shape index (κ1) is 17.5. The third-order valence-electron chi connectivity index (χ3n) is 3.12. The molecule has 0 aromatic carbocycles. The van der Waals surface area contributed by atoms with Gasteiger partial charge in [-0.15, -0.1) is 0 Å². The Labute approximate surface area is 119 Å². The fraction of sp³-hybridized carbons (Fsp3) is 0.444. The summed E-state index contributed by atoms with van der Waals surface area (Å²) in [6, 6.07) is 0. The SMILES string of the molecule is C=C/C=C\C(=C/C=C)C1CCC(=COC)CC1.CC. The largest absolute Gasteiger partial charge is 0.504 e. The Morgan fingerprint density at radius 3 is 2.26 bits per heavy atom. The van der Waals surface area contributed by atoms with Crippen molar-refractivity contribution in [3.8, 4) is 0 Å². The number of rotatable bonds is 5. The van der Waals surface area contributed by atoms with Gasteiger partial charge in [-0.3, -0.25) is 0 Å². The fourth-order valence-corrected chi connectivity index (χ4v) is 2.25. The molecule has 0 bridgehead atoms. The van der Waals surface area contributed by atoms with Crippen molar-refractivity contribution in [1.29, 1.82) is 0 Å². The van der Waals surface area contributed by atoms with E-state index in [-0.39, 0.29) is 0 Å². The van der Waals surface area contributed by atoms with E-state index in [9.17, 15) is 0 Å². The Balaban J connectivity index is 0.00000154. The van der Waals surface area contributed by atoms with Crippen LogP contribution in [-0.4, -0.2) is 7.11 Å². The predicted octanol–water partition coefficient (Wildman–Crippen LogP) is 5.59. The van der Waals surface area contributed by atoms with Gasteiger partial charge in [0.2, 0.25) is 0 Å². The van der Waals surface area contributed by atoms with Crippen LogP contribution in [0.15, 0.2) is 60.9 Å². The third kappa shape index (κ3) is 6.85. The second kappa shape index (κ2) is 11.6. The molecule has 1 nitrogen and oxygen atoms in total. The summed E-state index contributed by atoms with van der Waals surface area (Å²) in [5.41, 5.74) is 2.78. The van der Waals surface area contributed by atoms with Gasteiger partial charge < -0.3 is 4.74 Å². The summed E-state index contributed by atoms with van der Waals surface area (Å²) in [4.78, 5) is 0. The van der Waals surface area contributed by atoms with Gasteiger partial charge in [0, 0.05) is 0 Å². The zero-order valence-corrected chi connectivity index (χ0v) is 12.7. The first-order valence-electron chi connectivity index (χ1n) is 7.14. The van der Waals surface area contributed by atoms with Crippen molar-refractivity contribution in [3.63, 3.8) is 0 Å². The predicted molar refractivity (Wildman–Crippen MR) is 86.0 cm³/mol. The molecule has 0 spiro atoms. The molecule has 0 radical (unpaired) electrons. The van der Waals surface area contributed by atoms with Crippen LogP contribution in [0, 0.1) is 5.92 Å². The van der Waals surface area contributed by atoms with Crippen molar-refractivity contribution in [3.05, 3.63) is 60.9 Å². The number of allylic oxidation sites excluding steroid dienone is 7. The molecule has 0 saturated heterocycles. The van der Waals surface area contributed by atoms with E-state index in [0.717, 1.165) is 12.8 Å². The summed E-state index contributed by atoms with van der Waals surface area (Å²) in [5, 5.41) is 0. The number of ether oxygens (including phenoxy) is 1. The number of hydrogen-bond donors (Lipinski definition) is 0. The molecule has 0 aromatic rings. The lowest BCUT2D eigenvalue weighted by Gasteiger charge is -2.24. The van der Waals surface area contributed by atoms with Crippen molar-refractivity contribution >= 4 is 0 Å². The van der Waals surface area contributed by atoms with Gasteiger partial charge in [0.25, 0.3) is 0 Å². The Morgan fingerprint density at radius 1 is 1.16 bits per heavy atom. The summed E-state index contributed by atoms with van der Waals surface area (Å²) in [7, 11) is 1.72. The molecule has 106 valence electrons. The lowest BCUT2D eigenvalue weighted by Crippen LogP contribution is -2.10. The molecule has 0 atom stereocenters. The molecule has 0 aromatic heterocycles. The molecule has 1 saturated carbocycles. The van der Waals surface area contributed by atoms with Gasteiger partial charge in [0.15, 0.2) is 0 Å². The highest BCUT2D eigenvalue weighted by molar-refractivity contribution is 5.28. The van der Waals surface area contributed by atoms with Crippen LogP contribution in [0.2, 0.25) is 0 Å². The molecule has 1 aliphatic carbocycles. The monoisotopic (exact) mass is 260 g/mol. The first-order valence-corrected chi connectivity index (χ1v) is 7.14. The lowest BCUT2D eigenvalue weighted by molar-refractivity contribution is 0.324. The molecule has 0 amide bonds. The minimum absolute atomic E-state index is 0.637. The minimum atomic E-state index is 0.637. The van der Waals surface area contributed by atoms with Crippen molar-refractivity contribution < 1.29 is 4.74 Å². The van der Waals surface area contributed by atoms with Gasteiger partial charge in [-0.25, -0.2) is 0 Å². The van der Waals surface area contributed by atoms with Crippen LogP contribution in [0.25, 0.3) is 0 Å². The Morgan fingerprint density at radius 2 is 1.79 bits per heavy atom. The van der Waals surface area contributed by atoms with Crippen LogP contribution in [0.3, 0.4) is 0 Å². The molecule has 0 unspecified atom stereocenters. The van der Waals surface area contributed by atoms with E-state index < -0.39 is 0 Å². The van der Waals surface area contributed by atoms with Crippen molar-refractivity contribution in [2.45, 2.75) is 39.5 Å². The van der Waals surface area contributed by atoms with Gasteiger partial charge in [-0.05, 0) is 42.7 Å². The number of methoxy groups -OCH3 is 1. The lowest BCUT2D eigenvalue weighted by atomic mass is 9.81. The van der Waals surface area contributed by atoms with Gasteiger partial charge in [-0.2, -0.15) is 0 Å². The zero-order valence-electron chi connectivity index (χ0n) is 12.7. The fourth-order valence-electron chi connectivity index (χ4n) is 2.25. The zero-order chi connectivity index (χ0) is 14.5. The van der Waals surface area contributed by atoms with E-state index in [1.54, 1.807) is 7.11 Å². The quantitative estimate of drug-likeness (QED) is 0.462. The highest BCUT2D eigenvalue weighted by atomic mass is 16.5. The minimum Gasteiger partial charge on any atom is -0.504 e. The van der Waals surface area contributed by atoms with E-state index >= 15 is 0 Å². The normalized spacial score (nSPS) is 19.4. The highest BCUT2D eigenvalue weighted by Gasteiger charge is 2.18. The highest BCUT2D eigenvalue weighted by Crippen LogP contribution is 2.33. The van der Waals surface area contributed by atoms with E-state index in [1.807, 2.05) is 38.3 Å². The van der Waals surface area contributed by atoms with E-state index in [1.165, 1.54) is 24.0 Å². The van der Waals surface area contributed by atoms with Gasteiger partial charge in [0.05, 0.1) is 13.4 Å². The smallest absolute Gasteiger partial charge is 0.0816 e. The molecule has 1 fully saturated rings. The van der Waals surface area contributed by atoms with E-state index in [0.29, 0.717) is 5.92 Å². The van der Waals surface area contributed by atoms with Crippen molar-refractivity contribution in [2.75, 3.05) is 7.11 Å². The Kier molecular flexibility index (Phi) is 10.7. The second-order valence-corrected chi connectivity index (χ2v) is 4.28. The van der Waals surface area contributed by atoms with Crippen molar-refractivity contribution in [2.24, 2.45) is 5.92 Å². The maximum atomic E-state index is 5.07. The van der Waals surface area contributed by atoms with Gasteiger partial charge in [0.1, 0.15) is 0 Å². The maximum Gasteiger partial charge on any atom is 0.0816 e. The standard InChI is InChI=1S/C16H22O.C2H6/c1-4-6-8-15(7-5-2)16-11-9-14(10-12-16)13-17-3;1-2/h4-8,13,16H,1-2,9-12H2,3H3;1-2H3/b8-6-,14-13?,15-7+;. The summed E-state index contributed by atoms with van der Waals surface area (Å²) >= 11 is 0.